The zero-order valence-electron chi connectivity index (χ0n) is 12.2. The number of nitrogens with zero attached hydrogens (tertiary/aromatic N) is 1. The number of amides is 1. The smallest absolute Gasteiger partial charge is 0.223 e. The fraction of sp³-hybridized carbons (Fsp3) is 0.562. The van der Waals surface area contributed by atoms with Crippen LogP contribution in [0, 0.1) is 0 Å². The Morgan fingerprint density at radius 3 is 2.70 bits per heavy atom. The van der Waals surface area contributed by atoms with E-state index in [-0.39, 0.29) is 5.91 Å². The third-order valence-electron chi connectivity index (χ3n) is 3.70. The van der Waals surface area contributed by atoms with E-state index in [0.717, 1.165) is 25.4 Å². The predicted molar refractivity (Wildman–Crippen MR) is 79.8 cm³/mol. The second-order valence-electron chi connectivity index (χ2n) is 5.31. The number of rotatable bonds is 7. The molecule has 0 saturated carbocycles. The highest BCUT2D eigenvalue weighted by atomic mass is 16.5. The minimum absolute atomic E-state index is 0.0620. The normalized spacial score (nSPS) is 16.9. The molecule has 0 aliphatic carbocycles. The van der Waals surface area contributed by atoms with Gasteiger partial charge < -0.3 is 10.1 Å². The van der Waals surface area contributed by atoms with Gasteiger partial charge in [-0.25, -0.2) is 0 Å². The Bertz CT molecular complexity index is 402. The van der Waals surface area contributed by atoms with Gasteiger partial charge in [-0.15, -0.1) is 0 Å². The largest absolute Gasteiger partial charge is 0.493 e. The molecule has 0 aromatic heterocycles. The van der Waals surface area contributed by atoms with Crippen LogP contribution in [0.4, 0.5) is 0 Å². The molecular weight excluding hydrogens is 252 g/mol. The second-order valence-corrected chi connectivity index (χ2v) is 5.31. The molecule has 1 N–H and O–H groups in total. The lowest BCUT2D eigenvalue weighted by molar-refractivity contribution is -0.121. The fourth-order valence-corrected chi connectivity index (χ4v) is 2.44. The van der Waals surface area contributed by atoms with Crippen LogP contribution in [0.15, 0.2) is 30.3 Å². The molecule has 20 heavy (non-hydrogen) atoms. The van der Waals surface area contributed by atoms with Crippen molar-refractivity contribution in [2.24, 2.45) is 0 Å². The summed E-state index contributed by atoms with van der Waals surface area (Å²) < 4.78 is 5.51. The number of para-hydroxylation sites is 1. The summed E-state index contributed by atoms with van der Waals surface area (Å²) in [4.78, 5) is 14.2. The van der Waals surface area contributed by atoms with E-state index in [2.05, 4.69) is 17.1 Å². The maximum absolute atomic E-state index is 11.7. The van der Waals surface area contributed by atoms with Gasteiger partial charge in [0.15, 0.2) is 0 Å². The van der Waals surface area contributed by atoms with Gasteiger partial charge in [-0.2, -0.15) is 0 Å². The first kappa shape index (κ1) is 14.9. The summed E-state index contributed by atoms with van der Waals surface area (Å²) in [5, 5.41) is 2.98. The molecule has 1 aliphatic heterocycles. The molecule has 2 rings (SSSR count). The summed E-state index contributed by atoms with van der Waals surface area (Å²) in [5.74, 6) is 0.873. The highest BCUT2D eigenvalue weighted by molar-refractivity contribution is 5.76. The van der Waals surface area contributed by atoms with Crippen molar-refractivity contribution < 1.29 is 9.53 Å². The average molecular weight is 276 g/mol. The van der Waals surface area contributed by atoms with Crippen molar-refractivity contribution in [2.45, 2.75) is 32.2 Å². The monoisotopic (exact) mass is 276 g/mol. The van der Waals surface area contributed by atoms with Crippen molar-refractivity contribution in [3.05, 3.63) is 30.3 Å². The highest BCUT2D eigenvalue weighted by Crippen LogP contribution is 2.11. The van der Waals surface area contributed by atoms with Crippen molar-refractivity contribution in [3.8, 4) is 5.75 Å². The molecule has 1 saturated heterocycles. The average Bonchev–Trinajstić information content (AvgIpc) is 3.00. The number of nitrogens with one attached hydrogen (secondary N) is 1. The van der Waals surface area contributed by atoms with E-state index in [9.17, 15) is 4.79 Å². The molecule has 1 heterocycles. The minimum Gasteiger partial charge on any atom is -0.493 e. The van der Waals surface area contributed by atoms with Crippen molar-refractivity contribution >= 4 is 5.91 Å². The zero-order valence-corrected chi connectivity index (χ0v) is 12.2. The third kappa shape index (κ3) is 4.85. The van der Waals surface area contributed by atoms with Crippen LogP contribution in [-0.2, 0) is 4.79 Å². The maximum Gasteiger partial charge on any atom is 0.223 e. The molecule has 1 fully saturated rings. The Morgan fingerprint density at radius 1 is 1.30 bits per heavy atom. The van der Waals surface area contributed by atoms with Crippen LogP contribution in [0.2, 0.25) is 0 Å². The molecule has 0 bridgehead atoms. The van der Waals surface area contributed by atoms with Crippen LogP contribution < -0.4 is 10.1 Å². The minimum atomic E-state index is 0.0620. The summed E-state index contributed by atoms with van der Waals surface area (Å²) in [6.45, 7) is 5.65. The van der Waals surface area contributed by atoms with Gasteiger partial charge in [-0.05, 0) is 45.0 Å². The van der Waals surface area contributed by atoms with Gasteiger partial charge in [-0.1, -0.05) is 18.2 Å². The molecular formula is C16H24N2O2. The van der Waals surface area contributed by atoms with Crippen LogP contribution in [-0.4, -0.2) is 43.1 Å². The summed E-state index contributed by atoms with van der Waals surface area (Å²) in [7, 11) is 0. The highest BCUT2D eigenvalue weighted by Gasteiger charge is 2.18. The van der Waals surface area contributed by atoms with Crippen molar-refractivity contribution in [1.82, 2.24) is 10.2 Å². The SMILES string of the molecule is CC(CNC(=O)CCOc1ccccc1)N1CCCC1. The molecule has 1 atom stereocenters. The Morgan fingerprint density at radius 2 is 2.00 bits per heavy atom. The van der Waals surface area contributed by atoms with E-state index in [0.29, 0.717) is 19.1 Å². The summed E-state index contributed by atoms with van der Waals surface area (Å²) in [5.41, 5.74) is 0. The summed E-state index contributed by atoms with van der Waals surface area (Å²) in [6, 6.07) is 10.0. The Kier molecular flexibility index (Phi) is 5.87. The molecule has 1 amide bonds. The molecule has 0 spiro atoms. The van der Waals surface area contributed by atoms with E-state index >= 15 is 0 Å². The van der Waals surface area contributed by atoms with Crippen LogP contribution in [0.3, 0.4) is 0 Å². The zero-order chi connectivity index (χ0) is 14.2. The van der Waals surface area contributed by atoms with Gasteiger partial charge in [0, 0.05) is 12.6 Å². The van der Waals surface area contributed by atoms with Gasteiger partial charge in [0.05, 0.1) is 13.0 Å². The number of hydrogen-bond donors (Lipinski definition) is 1. The van der Waals surface area contributed by atoms with Gasteiger partial charge in [0.1, 0.15) is 5.75 Å². The molecule has 4 nitrogen and oxygen atoms in total. The fourth-order valence-electron chi connectivity index (χ4n) is 2.44. The van der Waals surface area contributed by atoms with Crippen LogP contribution in [0.25, 0.3) is 0 Å². The predicted octanol–water partition coefficient (Wildman–Crippen LogP) is 2.06. The lowest BCUT2D eigenvalue weighted by Gasteiger charge is -2.23. The van der Waals surface area contributed by atoms with Crippen molar-refractivity contribution in [2.75, 3.05) is 26.2 Å². The molecule has 1 aromatic carbocycles. The third-order valence-corrected chi connectivity index (χ3v) is 3.70. The van der Waals surface area contributed by atoms with E-state index in [1.165, 1.54) is 12.8 Å². The molecule has 0 radical (unpaired) electrons. The number of hydrogen-bond acceptors (Lipinski definition) is 3. The van der Waals surface area contributed by atoms with Crippen LogP contribution in [0.1, 0.15) is 26.2 Å². The van der Waals surface area contributed by atoms with E-state index in [1.807, 2.05) is 30.3 Å². The van der Waals surface area contributed by atoms with Crippen molar-refractivity contribution in [1.29, 1.82) is 0 Å². The van der Waals surface area contributed by atoms with Gasteiger partial charge >= 0.3 is 0 Å². The van der Waals surface area contributed by atoms with Crippen molar-refractivity contribution in [3.63, 3.8) is 0 Å². The molecule has 1 aromatic rings. The van der Waals surface area contributed by atoms with Gasteiger partial charge in [-0.3, -0.25) is 9.69 Å². The molecule has 4 heteroatoms. The van der Waals surface area contributed by atoms with E-state index in [1.54, 1.807) is 0 Å². The standard InChI is InChI=1S/C16H24N2O2/c1-14(18-10-5-6-11-18)13-17-16(19)9-12-20-15-7-3-2-4-8-15/h2-4,7-8,14H,5-6,9-13H2,1H3,(H,17,19). The van der Waals surface area contributed by atoms with Crippen LogP contribution in [0.5, 0.6) is 5.75 Å². The topological polar surface area (TPSA) is 41.6 Å². The quantitative estimate of drug-likeness (QED) is 0.829. The maximum atomic E-state index is 11.7. The first-order valence-electron chi connectivity index (χ1n) is 7.44. The van der Waals surface area contributed by atoms with Gasteiger partial charge in [0.2, 0.25) is 5.91 Å². The lowest BCUT2D eigenvalue weighted by Crippen LogP contribution is -2.40. The Hall–Kier alpha value is -1.55. The molecule has 110 valence electrons. The number of benzene rings is 1. The second kappa shape index (κ2) is 7.90. The summed E-state index contributed by atoms with van der Waals surface area (Å²) >= 11 is 0. The number of ether oxygens (including phenoxy) is 1. The van der Waals surface area contributed by atoms with E-state index in [4.69, 9.17) is 4.74 Å². The van der Waals surface area contributed by atoms with Gasteiger partial charge in [0.25, 0.3) is 0 Å². The first-order chi connectivity index (χ1) is 9.75. The van der Waals surface area contributed by atoms with E-state index < -0.39 is 0 Å². The lowest BCUT2D eigenvalue weighted by atomic mass is 10.3. The molecule has 1 unspecified atom stereocenters. The number of carbonyl (C=O) groups is 1. The number of carbonyl (C=O) groups excluding carboxylic acids is 1. The number of likely N-dealkylation sites (tertiary alicyclic amines) is 1. The first-order valence-corrected chi connectivity index (χ1v) is 7.44. The Labute approximate surface area is 121 Å². The van der Waals surface area contributed by atoms with Crippen LogP contribution >= 0.6 is 0 Å². The molecule has 1 aliphatic rings. The summed E-state index contributed by atoms with van der Waals surface area (Å²) in [6.07, 6.45) is 2.97. The Balaban J connectivity index is 1.58.